The average molecular weight is 265 g/mol. The predicted molar refractivity (Wildman–Crippen MR) is 67.0 cm³/mol. The number of carboxylic acids is 2. The van der Waals surface area contributed by atoms with E-state index in [-0.39, 0.29) is 30.6 Å². The highest BCUT2D eigenvalue weighted by atomic mass is 16.4. The zero-order chi connectivity index (χ0) is 14.4. The molecule has 0 heterocycles. The van der Waals surface area contributed by atoms with Crippen LogP contribution in [0.4, 0.5) is 0 Å². The van der Waals surface area contributed by atoms with E-state index in [2.05, 4.69) is 0 Å². The molecule has 0 unspecified atom stereocenters. The number of hydrogen-bond donors (Lipinski definition) is 3. The quantitative estimate of drug-likeness (QED) is 0.667. The van der Waals surface area contributed by atoms with E-state index in [9.17, 15) is 14.4 Å². The Balaban J connectivity index is 2.55. The third kappa shape index (κ3) is 4.89. The SMILES string of the molecule is N[C@@H](CCC(=O)Cc1cccc(C(=O)O)c1)C(=O)O. The number of nitrogens with two attached hydrogens (primary N) is 1. The molecule has 0 aliphatic heterocycles. The molecule has 0 amide bonds. The van der Waals surface area contributed by atoms with Crippen LogP contribution in [-0.2, 0) is 16.0 Å². The van der Waals surface area contributed by atoms with Gasteiger partial charge in [-0.25, -0.2) is 4.79 Å². The van der Waals surface area contributed by atoms with Crippen molar-refractivity contribution in [2.45, 2.75) is 25.3 Å². The minimum absolute atomic E-state index is 0.0603. The Bertz CT molecular complexity index is 498. The van der Waals surface area contributed by atoms with Crippen molar-refractivity contribution in [1.29, 1.82) is 0 Å². The molecule has 6 nitrogen and oxygen atoms in total. The lowest BCUT2D eigenvalue weighted by molar-refractivity contribution is -0.138. The Kier molecular flexibility index (Phi) is 5.20. The van der Waals surface area contributed by atoms with E-state index < -0.39 is 18.0 Å². The number of ketones is 1. The Morgan fingerprint density at radius 1 is 1.21 bits per heavy atom. The molecule has 0 radical (unpaired) electrons. The van der Waals surface area contributed by atoms with Crippen molar-refractivity contribution in [3.05, 3.63) is 35.4 Å². The molecule has 4 N–H and O–H groups in total. The summed E-state index contributed by atoms with van der Waals surface area (Å²) in [5, 5.41) is 17.4. The normalized spacial score (nSPS) is 11.8. The first-order valence-corrected chi connectivity index (χ1v) is 5.72. The number of aliphatic carboxylic acids is 1. The van der Waals surface area contributed by atoms with Crippen LogP contribution < -0.4 is 5.73 Å². The second-order valence-corrected chi connectivity index (χ2v) is 4.20. The number of hydrogen-bond acceptors (Lipinski definition) is 4. The first-order chi connectivity index (χ1) is 8.90. The number of Topliss-reactive ketones (excluding diaryl/α,β-unsaturated/α-hetero) is 1. The number of benzene rings is 1. The third-order valence-electron chi connectivity index (χ3n) is 2.63. The van der Waals surface area contributed by atoms with Crippen molar-refractivity contribution < 1.29 is 24.6 Å². The molecule has 0 spiro atoms. The van der Waals surface area contributed by atoms with Crippen molar-refractivity contribution in [2.24, 2.45) is 5.73 Å². The van der Waals surface area contributed by atoms with Gasteiger partial charge in [0, 0.05) is 12.8 Å². The zero-order valence-corrected chi connectivity index (χ0v) is 10.2. The van der Waals surface area contributed by atoms with Gasteiger partial charge in [0.2, 0.25) is 0 Å². The smallest absolute Gasteiger partial charge is 0.335 e. The molecule has 102 valence electrons. The third-order valence-corrected chi connectivity index (χ3v) is 2.63. The number of carbonyl (C=O) groups excluding carboxylic acids is 1. The van der Waals surface area contributed by atoms with Crippen LogP contribution in [0.2, 0.25) is 0 Å². The van der Waals surface area contributed by atoms with Crippen LogP contribution in [0.15, 0.2) is 24.3 Å². The Labute approximate surface area is 109 Å². The van der Waals surface area contributed by atoms with Gasteiger partial charge in [0.15, 0.2) is 0 Å². The average Bonchev–Trinajstić information content (AvgIpc) is 2.36. The maximum atomic E-state index is 11.6. The van der Waals surface area contributed by atoms with Crippen molar-refractivity contribution in [2.75, 3.05) is 0 Å². The highest BCUT2D eigenvalue weighted by Crippen LogP contribution is 2.08. The molecule has 0 bridgehead atoms. The minimum atomic E-state index is -1.14. The summed E-state index contributed by atoms with van der Waals surface area (Å²) in [4.78, 5) is 32.9. The molecular weight excluding hydrogens is 250 g/mol. The van der Waals surface area contributed by atoms with Crippen LogP contribution in [-0.4, -0.2) is 34.0 Å². The van der Waals surface area contributed by atoms with Crippen molar-refractivity contribution >= 4 is 17.7 Å². The van der Waals surface area contributed by atoms with Crippen LogP contribution in [0.1, 0.15) is 28.8 Å². The summed E-state index contributed by atoms with van der Waals surface area (Å²) in [5.74, 6) is -2.36. The van der Waals surface area contributed by atoms with E-state index in [0.29, 0.717) is 5.56 Å². The summed E-state index contributed by atoms with van der Waals surface area (Å²) >= 11 is 0. The maximum Gasteiger partial charge on any atom is 0.335 e. The molecule has 1 aromatic carbocycles. The molecule has 0 fully saturated rings. The van der Waals surface area contributed by atoms with E-state index in [4.69, 9.17) is 15.9 Å². The summed E-state index contributed by atoms with van der Waals surface area (Å²) in [6.45, 7) is 0. The molecule has 0 saturated carbocycles. The molecule has 1 aromatic rings. The number of rotatable bonds is 7. The lowest BCUT2D eigenvalue weighted by Gasteiger charge is -2.06. The molecular formula is C13H15NO5. The van der Waals surface area contributed by atoms with E-state index in [0.717, 1.165) is 0 Å². The molecule has 1 rings (SSSR count). The fourth-order valence-electron chi connectivity index (χ4n) is 1.57. The van der Waals surface area contributed by atoms with Crippen molar-refractivity contribution in [3.63, 3.8) is 0 Å². The van der Waals surface area contributed by atoms with Gasteiger partial charge in [0.1, 0.15) is 11.8 Å². The standard InChI is InChI=1S/C13H15NO5/c14-11(13(18)19)5-4-10(15)7-8-2-1-3-9(6-8)12(16)17/h1-3,6,11H,4-5,7,14H2,(H,16,17)(H,18,19)/t11-/m0/s1. The summed E-state index contributed by atoms with van der Waals surface area (Å²) in [5.41, 5.74) is 6.00. The van der Waals surface area contributed by atoms with Crippen LogP contribution in [0.5, 0.6) is 0 Å². The fraction of sp³-hybridized carbons (Fsp3) is 0.308. The summed E-state index contributed by atoms with van der Waals surface area (Å²) in [6, 6.07) is 5.04. The minimum Gasteiger partial charge on any atom is -0.480 e. The van der Waals surface area contributed by atoms with Crippen LogP contribution in [0, 0.1) is 0 Å². The molecule has 0 aromatic heterocycles. The van der Waals surface area contributed by atoms with Gasteiger partial charge in [-0.1, -0.05) is 12.1 Å². The summed E-state index contributed by atoms with van der Waals surface area (Å²) < 4.78 is 0. The summed E-state index contributed by atoms with van der Waals surface area (Å²) in [7, 11) is 0. The molecule has 0 saturated heterocycles. The predicted octanol–water partition coefficient (Wildman–Crippen LogP) is 0.689. The van der Waals surface area contributed by atoms with Crippen molar-refractivity contribution in [1.82, 2.24) is 0 Å². The molecule has 0 aliphatic carbocycles. The molecule has 0 aliphatic rings. The number of carbonyl (C=O) groups is 3. The monoisotopic (exact) mass is 265 g/mol. The van der Waals surface area contributed by atoms with Gasteiger partial charge in [0.25, 0.3) is 0 Å². The molecule has 19 heavy (non-hydrogen) atoms. The highest BCUT2D eigenvalue weighted by molar-refractivity contribution is 5.88. The van der Waals surface area contributed by atoms with Crippen molar-refractivity contribution in [3.8, 4) is 0 Å². The first-order valence-electron chi connectivity index (χ1n) is 5.72. The first kappa shape index (κ1) is 14.8. The van der Waals surface area contributed by atoms with E-state index >= 15 is 0 Å². The van der Waals surface area contributed by atoms with Gasteiger partial charge >= 0.3 is 11.9 Å². The molecule has 6 heteroatoms. The lowest BCUT2D eigenvalue weighted by atomic mass is 10.0. The van der Waals surface area contributed by atoms with Gasteiger partial charge in [-0.2, -0.15) is 0 Å². The van der Waals surface area contributed by atoms with Gasteiger partial charge in [0.05, 0.1) is 5.56 Å². The largest absolute Gasteiger partial charge is 0.480 e. The maximum absolute atomic E-state index is 11.6. The van der Waals surface area contributed by atoms with Gasteiger partial charge < -0.3 is 15.9 Å². The fourth-order valence-corrected chi connectivity index (χ4v) is 1.57. The van der Waals surface area contributed by atoms with E-state index in [1.165, 1.54) is 12.1 Å². The number of aromatic carboxylic acids is 1. The Morgan fingerprint density at radius 2 is 1.89 bits per heavy atom. The Hall–Kier alpha value is -2.21. The molecule has 1 atom stereocenters. The van der Waals surface area contributed by atoms with Gasteiger partial charge in [-0.15, -0.1) is 0 Å². The topological polar surface area (TPSA) is 118 Å². The lowest BCUT2D eigenvalue weighted by Crippen LogP contribution is -2.30. The summed E-state index contributed by atoms with van der Waals surface area (Å²) in [6.07, 6.45) is 0.213. The Morgan fingerprint density at radius 3 is 2.47 bits per heavy atom. The van der Waals surface area contributed by atoms with Gasteiger partial charge in [-0.05, 0) is 24.1 Å². The second kappa shape index (κ2) is 6.65. The van der Waals surface area contributed by atoms with Crippen LogP contribution in [0.3, 0.4) is 0 Å². The highest BCUT2D eigenvalue weighted by Gasteiger charge is 2.14. The van der Waals surface area contributed by atoms with Crippen LogP contribution >= 0.6 is 0 Å². The number of carboxylic acid groups (broad SMARTS) is 2. The second-order valence-electron chi connectivity index (χ2n) is 4.20. The van der Waals surface area contributed by atoms with Crippen LogP contribution in [0.25, 0.3) is 0 Å². The van der Waals surface area contributed by atoms with E-state index in [1.807, 2.05) is 0 Å². The van der Waals surface area contributed by atoms with Gasteiger partial charge in [-0.3, -0.25) is 9.59 Å². The zero-order valence-electron chi connectivity index (χ0n) is 10.2. The van der Waals surface area contributed by atoms with E-state index in [1.54, 1.807) is 12.1 Å².